The Kier molecular flexibility index (Phi) is 3.89. The van der Waals surface area contributed by atoms with Crippen molar-refractivity contribution in [2.24, 2.45) is 0 Å². The minimum absolute atomic E-state index is 0.406. The molecule has 1 aromatic carbocycles. The van der Waals surface area contributed by atoms with E-state index in [1.807, 2.05) is 35.1 Å². The average molecular weight is 418 g/mol. The molecule has 7 heteroatoms. The third-order valence-corrected chi connectivity index (χ3v) is 6.80. The van der Waals surface area contributed by atoms with Crippen LogP contribution in [0.5, 0.6) is 0 Å². The Bertz CT molecular complexity index is 1350. The van der Waals surface area contributed by atoms with Crippen molar-refractivity contribution in [3.63, 3.8) is 0 Å². The van der Waals surface area contributed by atoms with Crippen molar-refractivity contribution in [3.8, 4) is 21.8 Å². The molecule has 1 saturated carbocycles. The molecule has 0 saturated heterocycles. The molecule has 5 aromatic rings. The third-order valence-electron chi connectivity index (χ3n) is 5.60. The molecule has 0 amide bonds. The fourth-order valence-electron chi connectivity index (χ4n) is 3.85. The van der Waals surface area contributed by atoms with Crippen molar-refractivity contribution in [1.29, 1.82) is 0 Å². The van der Waals surface area contributed by atoms with E-state index in [1.54, 1.807) is 17.7 Å². The minimum atomic E-state index is 0.406. The number of hydrogen-bond donors (Lipinski definition) is 0. The van der Waals surface area contributed by atoms with E-state index in [2.05, 4.69) is 27.5 Å². The highest BCUT2D eigenvalue weighted by molar-refractivity contribution is 7.13. The van der Waals surface area contributed by atoms with E-state index in [0.29, 0.717) is 11.1 Å². The fourth-order valence-corrected chi connectivity index (χ4v) is 4.81. The summed E-state index contributed by atoms with van der Waals surface area (Å²) >= 11 is 8.38. The summed E-state index contributed by atoms with van der Waals surface area (Å²) < 4.78 is 2.05. The van der Waals surface area contributed by atoms with Gasteiger partial charge in [0.2, 0.25) is 0 Å². The van der Waals surface area contributed by atoms with Gasteiger partial charge in [0.1, 0.15) is 12.0 Å². The number of hydrogen-bond acceptors (Lipinski definition) is 5. The zero-order valence-electron chi connectivity index (χ0n) is 15.4. The van der Waals surface area contributed by atoms with Crippen molar-refractivity contribution in [1.82, 2.24) is 24.7 Å². The summed E-state index contributed by atoms with van der Waals surface area (Å²) in [5.74, 6) is 0. The Morgan fingerprint density at radius 3 is 2.86 bits per heavy atom. The molecule has 0 spiro atoms. The maximum absolute atomic E-state index is 6.70. The molecule has 4 aromatic heterocycles. The van der Waals surface area contributed by atoms with Crippen LogP contribution in [-0.2, 0) is 0 Å². The molecule has 4 heterocycles. The molecule has 0 radical (unpaired) electrons. The Morgan fingerprint density at radius 1 is 1.14 bits per heavy atom. The van der Waals surface area contributed by atoms with E-state index >= 15 is 0 Å². The van der Waals surface area contributed by atoms with Crippen molar-refractivity contribution in [2.45, 2.75) is 25.3 Å². The quantitative estimate of drug-likeness (QED) is 0.353. The van der Waals surface area contributed by atoms with E-state index in [-0.39, 0.29) is 0 Å². The number of thiophene rings is 1. The first-order valence-electron chi connectivity index (χ1n) is 9.61. The number of fused-ring (bicyclic) bond motifs is 2. The lowest BCUT2D eigenvalue weighted by Crippen LogP contribution is -2.18. The fraction of sp³-hybridized carbons (Fsp3) is 0.182. The van der Waals surface area contributed by atoms with E-state index < -0.39 is 0 Å². The van der Waals surface area contributed by atoms with Gasteiger partial charge in [0, 0.05) is 17.1 Å². The van der Waals surface area contributed by atoms with Crippen LogP contribution < -0.4 is 0 Å². The summed E-state index contributed by atoms with van der Waals surface area (Å²) in [5, 5.41) is 9.59. The average Bonchev–Trinajstić information content (AvgIpc) is 3.35. The molecule has 142 valence electrons. The predicted octanol–water partition coefficient (Wildman–Crippen LogP) is 6.15. The molecule has 1 aliphatic rings. The molecular weight excluding hydrogens is 402 g/mol. The first-order chi connectivity index (χ1) is 14.3. The summed E-state index contributed by atoms with van der Waals surface area (Å²) in [4.78, 5) is 14.8. The number of aromatic nitrogens is 5. The molecule has 29 heavy (non-hydrogen) atoms. The Labute approximate surface area is 176 Å². The van der Waals surface area contributed by atoms with Crippen molar-refractivity contribution >= 4 is 44.9 Å². The smallest absolute Gasteiger partial charge is 0.162 e. The van der Waals surface area contributed by atoms with Gasteiger partial charge < -0.3 is 0 Å². The summed E-state index contributed by atoms with van der Waals surface area (Å²) in [5.41, 5.74) is 4.43. The van der Waals surface area contributed by atoms with Crippen molar-refractivity contribution in [3.05, 3.63) is 59.3 Å². The second-order valence-corrected chi connectivity index (χ2v) is 8.69. The largest absolute Gasteiger partial charge is 0.247 e. The summed E-state index contributed by atoms with van der Waals surface area (Å²) in [6.45, 7) is 0. The maximum atomic E-state index is 6.70. The third kappa shape index (κ3) is 2.74. The van der Waals surface area contributed by atoms with Crippen LogP contribution >= 0.6 is 22.9 Å². The number of pyridine rings is 1. The van der Waals surface area contributed by atoms with Crippen LogP contribution in [0.2, 0.25) is 5.02 Å². The highest BCUT2D eigenvalue weighted by atomic mass is 35.5. The van der Waals surface area contributed by atoms with Gasteiger partial charge in [0.05, 0.1) is 32.5 Å². The van der Waals surface area contributed by atoms with Gasteiger partial charge in [0.25, 0.3) is 0 Å². The van der Waals surface area contributed by atoms with Gasteiger partial charge in [-0.1, -0.05) is 23.7 Å². The van der Waals surface area contributed by atoms with Crippen LogP contribution in [0.15, 0.2) is 54.3 Å². The Hall–Kier alpha value is -2.83. The van der Waals surface area contributed by atoms with Crippen LogP contribution in [0, 0.1) is 0 Å². The lowest BCUT2D eigenvalue weighted by molar-refractivity contribution is 0.296. The normalized spacial score (nSPS) is 14.5. The van der Waals surface area contributed by atoms with Gasteiger partial charge in [-0.3, -0.25) is 0 Å². The van der Waals surface area contributed by atoms with Gasteiger partial charge in [-0.05, 0) is 48.9 Å². The molecule has 5 nitrogen and oxygen atoms in total. The van der Waals surface area contributed by atoms with Crippen LogP contribution in [0.1, 0.15) is 25.3 Å². The van der Waals surface area contributed by atoms with Crippen LogP contribution in [-0.4, -0.2) is 24.7 Å². The van der Waals surface area contributed by atoms with E-state index in [1.165, 1.54) is 6.42 Å². The summed E-state index contributed by atoms with van der Waals surface area (Å²) in [6, 6.07) is 12.6. The van der Waals surface area contributed by atoms with Gasteiger partial charge >= 0.3 is 0 Å². The second-order valence-electron chi connectivity index (χ2n) is 7.34. The highest BCUT2D eigenvalue weighted by Crippen LogP contribution is 2.39. The molecule has 1 fully saturated rings. The van der Waals surface area contributed by atoms with Gasteiger partial charge in [-0.25, -0.2) is 19.6 Å². The first-order valence-corrected chi connectivity index (χ1v) is 10.9. The van der Waals surface area contributed by atoms with Gasteiger partial charge in [-0.2, -0.15) is 5.10 Å². The SMILES string of the molecule is Clc1cc2ccc(-c3cccs3)nc2cc1-c1nn(C2CCC2)c2ncncc12. The van der Waals surface area contributed by atoms with Gasteiger partial charge in [0.15, 0.2) is 5.65 Å². The lowest BCUT2D eigenvalue weighted by Gasteiger charge is -2.25. The number of rotatable bonds is 3. The molecule has 0 unspecified atom stereocenters. The van der Waals surface area contributed by atoms with E-state index in [4.69, 9.17) is 21.7 Å². The van der Waals surface area contributed by atoms with E-state index in [9.17, 15) is 0 Å². The van der Waals surface area contributed by atoms with Crippen molar-refractivity contribution in [2.75, 3.05) is 0 Å². The minimum Gasteiger partial charge on any atom is -0.247 e. The number of nitrogens with zero attached hydrogens (tertiary/aromatic N) is 5. The Morgan fingerprint density at radius 2 is 2.07 bits per heavy atom. The molecular formula is C22H16ClN5S. The zero-order valence-corrected chi connectivity index (χ0v) is 17.0. The maximum Gasteiger partial charge on any atom is 0.162 e. The van der Waals surface area contributed by atoms with E-state index in [0.717, 1.165) is 56.6 Å². The molecule has 0 N–H and O–H groups in total. The summed E-state index contributed by atoms with van der Waals surface area (Å²) in [6.07, 6.45) is 6.92. The molecule has 0 bridgehead atoms. The van der Waals surface area contributed by atoms with Gasteiger partial charge in [-0.15, -0.1) is 11.3 Å². The van der Waals surface area contributed by atoms with Crippen LogP contribution in [0.25, 0.3) is 43.8 Å². The monoisotopic (exact) mass is 417 g/mol. The van der Waals surface area contributed by atoms with Crippen LogP contribution in [0.3, 0.4) is 0 Å². The molecule has 0 atom stereocenters. The first kappa shape index (κ1) is 17.1. The molecule has 6 rings (SSSR count). The van der Waals surface area contributed by atoms with Crippen LogP contribution in [0.4, 0.5) is 0 Å². The number of benzene rings is 1. The zero-order chi connectivity index (χ0) is 19.4. The molecule has 0 aliphatic heterocycles. The number of halogens is 1. The second kappa shape index (κ2) is 6.61. The summed E-state index contributed by atoms with van der Waals surface area (Å²) in [7, 11) is 0. The topological polar surface area (TPSA) is 56.5 Å². The standard InChI is InChI=1S/C22H16ClN5S/c23-17-9-13-6-7-18(20-5-2-8-29-20)26-19(13)10-15(17)21-16-11-24-12-25-22(16)28(27-21)14-3-1-4-14/h2,5-12,14H,1,3-4H2. The Balaban J connectivity index is 1.56. The predicted molar refractivity (Wildman–Crippen MR) is 117 cm³/mol. The highest BCUT2D eigenvalue weighted by Gasteiger charge is 2.25. The molecule has 1 aliphatic carbocycles. The lowest BCUT2D eigenvalue weighted by atomic mass is 9.93. The van der Waals surface area contributed by atoms with Crippen molar-refractivity contribution < 1.29 is 0 Å².